The smallest absolute Gasteiger partial charge is 0.258 e. The van der Waals surface area contributed by atoms with E-state index >= 15 is 4.39 Å². The highest BCUT2D eigenvalue weighted by molar-refractivity contribution is 6.31. The van der Waals surface area contributed by atoms with Crippen LogP contribution in [0.1, 0.15) is 77.9 Å². The Morgan fingerprint density at radius 1 is 1.06 bits per heavy atom. The van der Waals surface area contributed by atoms with Crippen molar-refractivity contribution < 1.29 is 28.3 Å². The van der Waals surface area contributed by atoms with Gasteiger partial charge >= 0.3 is 0 Å². The number of primary amides is 1. The van der Waals surface area contributed by atoms with Crippen molar-refractivity contribution in [3.8, 4) is 11.8 Å². The van der Waals surface area contributed by atoms with E-state index in [1.54, 1.807) is 30.3 Å². The fraction of sp³-hybridized carbons (Fsp3) is 0.436. The Kier molecular flexibility index (Phi) is 9.19. The number of halogens is 2. The summed E-state index contributed by atoms with van der Waals surface area (Å²) in [5.41, 5.74) is 5.88. The highest BCUT2D eigenvalue weighted by atomic mass is 35.5. The van der Waals surface area contributed by atoms with Gasteiger partial charge in [0, 0.05) is 68.8 Å². The zero-order valence-electron chi connectivity index (χ0n) is 30.1. The molecule has 1 saturated carbocycles. The number of amides is 4. The number of imide groups is 1. The first-order valence-corrected chi connectivity index (χ1v) is 18.1. The molecule has 7 rings (SSSR count). The van der Waals surface area contributed by atoms with E-state index in [0.29, 0.717) is 55.2 Å². The Balaban J connectivity index is 1.03. The molecule has 276 valence electrons. The van der Waals surface area contributed by atoms with Crippen LogP contribution in [0, 0.1) is 28.0 Å². The number of rotatable bonds is 8. The van der Waals surface area contributed by atoms with Crippen LogP contribution < -0.4 is 15.4 Å². The van der Waals surface area contributed by atoms with Gasteiger partial charge in [0.05, 0.1) is 27.8 Å². The van der Waals surface area contributed by atoms with Crippen LogP contribution in [0.15, 0.2) is 48.7 Å². The molecule has 3 aromatic rings. The van der Waals surface area contributed by atoms with E-state index in [-0.39, 0.29) is 35.9 Å². The minimum Gasteiger partial charge on any atom is -0.489 e. The standard InChI is InChI=1S/C39H41ClFN7O5/c1-38(2)36(39(3,4)37(38)53-26-7-5-23(18-42)27(40)17-26)48-31(49)10-8-29(34(48)51)47-21-25-15-22(16-28(41)32(25)35(47)52)20-45-11-13-46(14-12-45)30-9-6-24(19-44-30)33(43)50/h5-7,9,15-17,19,29,36-37H,8,10-14,20-21H2,1-4H3,(H2,43,50). The molecule has 2 N–H and O–H groups in total. The van der Waals surface area contributed by atoms with Crippen molar-refractivity contribution in [1.82, 2.24) is 19.7 Å². The number of pyridine rings is 1. The number of likely N-dealkylation sites (tertiary alicyclic amines) is 1. The Labute approximate surface area is 312 Å². The normalized spacial score (nSPS) is 23.8. The molecule has 2 aromatic carbocycles. The number of anilines is 1. The second-order valence-electron chi connectivity index (χ2n) is 15.5. The van der Waals surface area contributed by atoms with Crippen LogP contribution in [0.4, 0.5) is 10.2 Å². The second-order valence-corrected chi connectivity index (χ2v) is 15.9. The molecule has 4 heterocycles. The van der Waals surface area contributed by atoms with Crippen molar-refractivity contribution in [2.75, 3.05) is 31.1 Å². The average molecular weight is 742 g/mol. The lowest BCUT2D eigenvalue weighted by Crippen LogP contribution is -2.77. The zero-order valence-corrected chi connectivity index (χ0v) is 30.8. The first-order valence-electron chi connectivity index (χ1n) is 17.7. The van der Waals surface area contributed by atoms with Crippen LogP contribution in [-0.2, 0) is 22.7 Å². The number of piperidine rings is 1. The van der Waals surface area contributed by atoms with E-state index in [9.17, 15) is 24.4 Å². The number of ether oxygens (including phenoxy) is 1. The van der Waals surface area contributed by atoms with E-state index in [0.717, 1.165) is 11.4 Å². The van der Waals surface area contributed by atoms with E-state index in [1.807, 2.05) is 39.8 Å². The molecule has 1 aliphatic carbocycles. The first kappa shape index (κ1) is 36.3. The summed E-state index contributed by atoms with van der Waals surface area (Å²) in [4.78, 5) is 64.3. The number of piperazine rings is 1. The summed E-state index contributed by atoms with van der Waals surface area (Å²) in [6.07, 6.45) is 1.28. The van der Waals surface area contributed by atoms with Gasteiger partial charge in [0.1, 0.15) is 35.6 Å². The van der Waals surface area contributed by atoms with Gasteiger partial charge in [0.15, 0.2) is 0 Å². The fourth-order valence-electron chi connectivity index (χ4n) is 9.17. The third-order valence-corrected chi connectivity index (χ3v) is 11.6. The number of nitriles is 1. The molecule has 53 heavy (non-hydrogen) atoms. The summed E-state index contributed by atoms with van der Waals surface area (Å²) >= 11 is 6.25. The van der Waals surface area contributed by atoms with Crippen LogP contribution in [0.25, 0.3) is 0 Å². The monoisotopic (exact) mass is 741 g/mol. The van der Waals surface area contributed by atoms with Crippen LogP contribution in [0.3, 0.4) is 0 Å². The largest absolute Gasteiger partial charge is 0.489 e. The maximum absolute atomic E-state index is 15.7. The van der Waals surface area contributed by atoms with Gasteiger partial charge in [-0.3, -0.25) is 29.0 Å². The molecule has 2 saturated heterocycles. The Bertz CT molecular complexity index is 2040. The maximum atomic E-state index is 15.7. The molecule has 12 nitrogen and oxygen atoms in total. The SMILES string of the molecule is CC1(C)C(Oc2ccc(C#N)c(Cl)c2)C(C)(C)C1N1C(=O)CCC(N2Cc3cc(CN4CCN(c5ccc(C(N)=O)cn5)CC4)cc(F)c3C2=O)C1=O. The molecule has 1 atom stereocenters. The van der Waals surface area contributed by atoms with Gasteiger partial charge in [-0.1, -0.05) is 45.4 Å². The van der Waals surface area contributed by atoms with Crippen molar-refractivity contribution in [2.45, 2.75) is 71.8 Å². The van der Waals surface area contributed by atoms with Gasteiger partial charge in [-0.25, -0.2) is 9.37 Å². The number of hydrogen-bond donors (Lipinski definition) is 1. The summed E-state index contributed by atoms with van der Waals surface area (Å²) in [5, 5.41) is 9.52. The summed E-state index contributed by atoms with van der Waals surface area (Å²) in [5.74, 6) is -1.26. The van der Waals surface area contributed by atoms with Gasteiger partial charge in [0.25, 0.3) is 11.8 Å². The van der Waals surface area contributed by atoms with E-state index < -0.39 is 52.6 Å². The molecule has 14 heteroatoms. The molecular formula is C39H41ClFN7O5. The Morgan fingerprint density at radius 3 is 2.40 bits per heavy atom. The van der Waals surface area contributed by atoms with E-state index in [2.05, 4.69) is 14.8 Å². The molecule has 3 fully saturated rings. The van der Waals surface area contributed by atoms with Crippen LogP contribution >= 0.6 is 11.6 Å². The van der Waals surface area contributed by atoms with Gasteiger partial charge in [-0.05, 0) is 47.9 Å². The lowest BCUT2D eigenvalue weighted by Gasteiger charge is -2.66. The number of benzene rings is 2. The molecule has 0 radical (unpaired) electrons. The van der Waals surface area contributed by atoms with Gasteiger partial charge in [0.2, 0.25) is 11.8 Å². The molecule has 0 bridgehead atoms. The van der Waals surface area contributed by atoms with Gasteiger partial charge < -0.3 is 20.3 Å². The van der Waals surface area contributed by atoms with Crippen molar-refractivity contribution in [3.63, 3.8) is 0 Å². The summed E-state index contributed by atoms with van der Waals surface area (Å²) in [6.45, 7) is 11.1. The average Bonchev–Trinajstić information content (AvgIpc) is 3.44. The third-order valence-electron chi connectivity index (χ3n) is 11.3. The van der Waals surface area contributed by atoms with Crippen molar-refractivity contribution >= 4 is 41.0 Å². The topological polar surface area (TPSA) is 153 Å². The Morgan fingerprint density at radius 2 is 1.77 bits per heavy atom. The quantitative estimate of drug-likeness (QED) is 0.329. The molecule has 1 unspecified atom stereocenters. The van der Waals surface area contributed by atoms with Crippen molar-refractivity contribution in [2.24, 2.45) is 16.6 Å². The highest BCUT2D eigenvalue weighted by Gasteiger charge is 2.68. The highest BCUT2D eigenvalue weighted by Crippen LogP contribution is 2.58. The maximum Gasteiger partial charge on any atom is 0.258 e. The predicted octanol–water partition coefficient (Wildman–Crippen LogP) is 4.52. The van der Waals surface area contributed by atoms with Gasteiger partial charge in [-0.2, -0.15) is 5.26 Å². The lowest BCUT2D eigenvalue weighted by atomic mass is 9.48. The molecule has 3 aliphatic heterocycles. The number of aromatic nitrogens is 1. The first-order chi connectivity index (χ1) is 25.1. The molecule has 0 spiro atoms. The lowest BCUT2D eigenvalue weighted by molar-refractivity contribution is -0.216. The number of carbonyl (C=O) groups excluding carboxylic acids is 4. The van der Waals surface area contributed by atoms with Crippen molar-refractivity contribution in [1.29, 1.82) is 5.26 Å². The van der Waals surface area contributed by atoms with Crippen LogP contribution in [0.2, 0.25) is 5.02 Å². The van der Waals surface area contributed by atoms with E-state index in [4.69, 9.17) is 22.1 Å². The Hall–Kier alpha value is -5.06. The number of nitrogens with two attached hydrogens (primary N) is 1. The number of nitrogens with zero attached hydrogens (tertiary/aromatic N) is 6. The number of carbonyl (C=O) groups is 4. The minimum atomic E-state index is -0.918. The molecular weight excluding hydrogens is 701 g/mol. The zero-order chi connectivity index (χ0) is 38.0. The second kappa shape index (κ2) is 13.4. The fourth-order valence-corrected chi connectivity index (χ4v) is 9.38. The van der Waals surface area contributed by atoms with Gasteiger partial charge in [-0.15, -0.1) is 0 Å². The predicted molar refractivity (Wildman–Crippen MR) is 193 cm³/mol. The van der Waals surface area contributed by atoms with Crippen LogP contribution in [-0.4, -0.2) is 87.7 Å². The van der Waals surface area contributed by atoms with Crippen molar-refractivity contribution in [3.05, 3.63) is 87.3 Å². The summed E-state index contributed by atoms with van der Waals surface area (Å²) < 4.78 is 22.1. The summed E-state index contributed by atoms with van der Waals surface area (Å²) in [7, 11) is 0. The molecule has 4 aliphatic rings. The number of fused-ring (bicyclic) bond motifs is 1. The molecule has 1 aromatic heterocycles. The number of hydrogen-bond acceptors (Lipinski definition) is 9. The third kappa shape index (κ3) is 6.27. The van der Waals surface area contributed by atoms with E-state index in [1.165, 1.54) is 22.1 Å². The van der Waals surface area contributed by atoms with Crippen LogP contribution in [0.5, 0.6) is 5.75 Å². The minimum absolute atomic E-state index is 0.0286. The molecule has 4 amide bonds. The summed E-state index contributed by atoms with van der Waals surface area (Å²) in [6, 6.07) is 12.1.